The zero-order valence-corrected chi connectivity index (χ0v) is 13.6. The number of aliphatic hydroxyl groups excluding tert-OH is 1. The molecule has 0 bridgehead atoms. The third-order valence-electron chi connectivity index (χ3n) is 4.88. The summed E-state index contributed by atoms with van der Waals surface area (Å²) in [6.45, 7) is 1.50. The van der Waals surface area contributed by atoms with Gasteiger partial charge < -0.3 is 9.52 Å². The third kappa shape index (κ3) is 2.88. The first-order valence-corrected chi connectivity index (χ1v) is 9.82. The molecule has 0 amide bonds. The summed E-state index contributed by atoms with van der Waals surface area (Å²) >= 11 is 0. The Morgan fingerprint density at radius 2 is 2.09 bits per heavy atom. The van der Waals surface area contributed by atoms with Crippen molar-refractivity contribution in [3.05, 3.63) is 30.2 Å². The number of sulfone groups is 1. The van der Waals surface area contributed by atoms with E-state index in [2.05, 4.69) is 9.88 Å². The Hall–Kier alpha value is -1.44. The van der Waals surface area contributed by atoms with Gasteiger partial charge in [0.15, 0.2) is 21.3 Å². The minimum Gasteiger partial charge on any atom is -0.440 e. The summed E-state index contributed by atoms with van der Waals surface area (Å²) in [6, 6.07) is 7.38. The van der Waals surface area contributed by atoms with Crippen LogP contribution in [-0.4, -0.2) is 60.1 Å². The Morgan fingerprint density at radius 1 is 1.26 bits per heavy atom. The highest BCUT2D eigenvalue weighted by Gasteiger charge is 2.41. The molecule has 3 heterocycles. The molecular formula is C16H20N2O4S. The second kappa shape index (κ2) is 5.58. The van der Waals surface area contributed by atoms with Gasteiger partial charge in [-0.3, -0.25) is 4.90 Å². The van der Waals surface area contributed by atoms with Gasteiger partial charge in [-0.1, -0.05) is 12.1 Å². The lowest BCUT2D eigenvalue weighted by atomic mass is 9.96. The van der Waals surface area contributed by atoms with E-state index in [0.717, 1.165) is 30.5 Å². The fraction of sp³-hybridized carbons (Fsp3) is 0.562. The summed E-state index contributed by atoms with van der Waals surface area (Å²) in [5.41, 5.74) is 1.63. The van der Waals surface area contributed by atoms with Crippen molar-refractivity contribution in [3.63, 3.8) is 0 Å². The Kier molecular flexibility index (Phi) is 3.66. The molecule has 0 saturated carbocycles. The molecular weight excluding hydrogens is 316 g/mol. The molecule has 2 aliphatic heterocycles. The van der Waals surface area contributed by atoms with Gasteiger partial charge in [-0.25, -0.2) is 13.4 Å². The summed E-state index contributed by atoms with van der Waals surface area (Å²) in [7, 11) is -3.13. The van der Waals surface area contributed by atoms with Crippen molar-refractivity contribution in [2.75, 3.05) is 24.6 Å². The Labute approximate surface area is 135 Å². The maximum absolute atomic E-state index is 11.7. The van der Waals surface area contributed by atoms with Crippen LogP contribution in [0.25, 0.3) is 11.1 Å². The van der Waals surface area contributed by atoms with Crippen LogP contribution in [0.1, 0.15) is 24.7 Å². The molecule has 0 radical (unpaired) electrons. The summed E-state index contributed by atoms with van der Waals surface area (Å²) in [4.78, 5) is 6.67. The van der Waals surface area contributed by atoms with E-state index in [9.17, 15) is 13.5 Å². The molecule has 4 rings (SSSR count). The average Bonchev–Trinajstić information content (AvgIpc) is 3.07. The fourth-order valence-electron chi connectivity index (χ4n) is 3.73. The number of likely N-dealkylation sites (tertiary alicyclic amines) is 1. The number of piperidine rings is 1. The van der Waals surface area contributed by atoms with E-state index in [0.29, 0.717) is 12.4 Å². The van der Waals surface area contributed by atoms with Gasteiger partial charge in [0.1, 0.15) is 5.52 Å². The van der Waals surface area contributed by atoms with E-state index in [-0.39, 0.29) is 23.5 Å². The SMILES string of the molecule is O=S1(=O)C[C@@H](O)[C@@H](N2CCC[C@H](c3nc4ccccc4o3)C2)C1. The predicted molar refractivity (Wildman–Crippen MR) is 86.0 cm³/mol. The molecule has 124 valence electrons. The maximum atomic E-state index is 11.7. The second-order valence-corrected chi connectivity index (χ2v) is 8.72. The Balaban J connectivity index is 1.55. The molecule has 2 aromatic rings. The van der Waals surface area contributed by atoms with Gasteiger partial charge in [0.25, 0.3) is 0 Å². The van der Waals surface area contributed by atoms with Gasteiger partial charge in [-0.15, -0.1) is 0 Å². The summed E-state index contributed by atoms with van der Waals surface area (Å²) in [5.74, 6) is 0.786. The van der Waals surface area contributed by atoms with Crippen LogP contribution in [0.5, 0.6) is 0 Å². The van der Waals surface area contributed by atoms with E-state index in [4.69, 9.17) is 4.42 Å². The third-order valence-corrected chi connectivity index (χ3v) is 6.57. The molecule has 2 aliphatic rings. The lowest BCUT2D eigenvalue weighted by molar-refractivity contribution is 0.0615. The van der Waals surface area contributed by atoms with Crippen molar-refractivity contribution >= 4 is 20.9 Å². The highest BCUT2D eigenvalue weighted by atomic mass is 32.2. The molecule has 7 heteroatoms. The zero-order chi connectivity index (χ0) is 16.0. The quantitative estimate of drug-likeness (QED) is 0.886. The molecule has 1 aromatic heterocycles. The standard InChI is InChI=1S/C16H20N2O4S/c19-14-10-23(20,21)9-13(14)18-7-3-4-11(8-18)16-17-12-5-1-2-6-15(12)22-16/h1-2,5-6,11,13-14,19H,3-4,7-10H2/t11-,13-,14+/m0/s1. The number of hydrogen-bond acceptors (Lipinski definition) is 6. The first kappa shape index (κ1) is 15.1. The first-order chi connectivity index (χ1) is 11.0. The molecule has 1 N–H and O–H groups in total. The van der Waals surface area contributed by atoms with E-state index >= 15 is 0 Å². The topological polar surface area (TPSA) is 83.6 Å². The van der Waals surface area contributed by atoms with Crippen LogP contribution in [0.3, 0.4) is 0 Å². The molecule has 1 aromatic carbocycles. The monoisotopic (exact) mass is 336 g/mol. The van der Waals surface area contributed by atoms with Crippen LogP contribution in [0, 0.1) is 0 Å². The average molecular weight is 336 g/mol. The van der Waals surface area contributed by atoms with Gasteiger partial charge in [0, 0.05) is 12.5 Å². The van der Waals surface area contributed by atoms with Crippen molar-refractivity contribution in [1.82, 2.24) is 9.88 Å². The summed E-state index contributed by atoms with van der Waals surface area (Å²) in [5, 5.41) is 10.1. The normalized spacial score (nSPS) is 31.6. The highest BCUT2D eigenvalue weighted by molar-refractivity contribution is 7.91. The fourth-order valence-corrected chi connectivity index (χ4v) is 5.57. The van der Waals surface area contributed by atoms with Gasteiger partial charge in [-0.05, 0) is 31.5 Å². The Morgan fingerprint density at radius 3 is 2.83 bits per heavy atom. The lowest BCUT2D eigenvalue weighted by Crippen LogP contribution is -2.47. The van der Waals surface area contributed by atoms with Gasteiger partial charge in [-0.2, -0.15) is 0 Å². The van der Waals surface area contributed by atoms with Crippen molar-refractivity contribution in [1.29, 1.82) is 0 Å². The van der Waals surface area contributed by atoms with Gasteiger partial charge in [0.2, 0.25) is 0 Å². The van der Waals surface area contributed by atoms with Crippen molar-refractivity contribution in [2.45, 2.75) is 30.9 Å². The van der Waals surface area contributed by atoms with Gasteiger partial charge in [0.05, 0.1) is 23.7 Å². The van der Waals surface area contributed by atoms with Crippen LogP contribution in [-0.2, 0) is 9.84 Å². The number of para-hydroxylation sites is 2. The largest absolute Gasteiger partial charge is 0.440 e. The highest BCUT2D eigenvalue weighted by Crippen LogP contribution is 2.31. The number of aromatic nitrogens is 1. The number of benzene rings is 1. The molecule has 0 unspecified atom stereocenters. The van der Waals surface area contributed by atoms with Crippen LogP contribution < -0.4 is 0 Å². The molecule has 23 heavy (non-hydrogen) atoms. The number of hydrogen-bond donors (Lipinski definition) is 1. The van der Waals surface area contributed by atoms with Crippen molar-refractivity contribution in [3.8, 4) is 0 Å². The smallest absolute Gasteiger partial charge is 0.199 e. The molecule has 2 saturated heterocycles. The molecule has 6 nitrogen and oxygen atoms in total. The number of aliphatic hydroxyl groups is 1. The minimum atomic E-state index is -3.13. The molecule has 2 fully saturated rings. The van der Waals surface area contributed by atoms with Crippen molar-refractivity contribution in [2.24, 2.45) is 0 Å². The Bertz CT molecular complexity index is 783. The van der Waals surface area contributed by atoms with Gasteiger partial charge >= 0.3 is 0 Å². The minimum absolute atomic E-state index is 0.0500. The van der Waals surface area contributed by atoms with Crippen LogP contribution in [0.4, 0.5) is 0 Å². The summed E-state index contributed by atoms with van der Waals surface area (Å²) in [6.07, 6.45) is 1.13. The second-order valence-electron chi connectivity index (χ2n) is 6.57. The van der Waals surface area contributed by atoms with Crippen LogP contribution in [0.2, 0.25) is 0 Å². The molecule has 3 atom stereocenters. The predicted octanol–water partition coefficient (Wildman–Crippen LogP) is 1.17. The van der Waals surface area contributed by atoms with Crippen molar-refractivity contribution < 1.29 is 17.9 Å². The number of rotatable bonds is 2. The van der Waals surface area contributed by atoms with E-state index in [1.807, 2.05) is 24.3 Å². The van der Waals surface area contributed by atoms with E-state index in [1.165, 1.54) is 0 Å². The molecule has 0 aliphatic carbocycles. The van der Waals surface area contributed by atoms with E-state index in [1.54, 1.807) is 0 Å². The zero-order valence-electron chi connectivity index (χ0n) is 12.8. The summed E-state index contributed by atoms with van der Waals surface area (Å²) < 4.78 is 29.4. The molecule has 0 spiro atoms. The van der Waals surface area contributed by atoms with Crippen LogP contribution in [0.15, 0.2) is 28.7 Å². The number of fused-ring (bicyclic) bond motifs is 1. The van der Waals surface area contributed by atoms with E-state index < -0.39 is 15.9 Å². The number of nitrogens with zero attached hydrogens (tertiary/aromatic N) is 2. The number of oxazole rings is 1. The van der Waals surface area contributed by atoms with Crippen LogP contribution >= 0.6 is 0 Å². The first-order valence-electron chi connectivity index (χ1n) is 8.00. The lowest BCUT2D eigenvalue weighted by Gasteiger charge is -2.36. The maximum Gasteiger partial charge on any atom is 0.199 e.